The van der Waals surface area contributed by atoms with Gasteiger partial charge in [0.25, 0.3) is 0 Å². The molecule has 0 unspecified atom stereocenters. The number of benzene rings is 1. The highest BCUT2D eigenvalue weighted by Gasteiger charge is 2.02. The fourth-order valence-corrected chi connectivity index (χ4v) is 1.61. The molecular formula is C10H9BrN4. The van der Waals surface area contributed by atoms with E-state index in [-0.39, 0.29) is 0 Å². The largest absolute Gasteiger partial charge is 0.324 e. The topological polar surface area (TPSA) is 64.7 Å². The summed E-state index contributed by atoms with van der Waals surface area (Å²) in [6.45, 7) is 0.300. The van der Waals surface area contributed by atoms with Gasteiger partial charge >= 0.3 is 0 Å². The Bertz CT molecular complexity index is 472. The summed E-state index contributed by atoms with van der Waals surface area (Å²) < 4.78 is 1.01. The lowest BCUT2D eigenvalue weighted by molar-refractivity contribution is 0.834. The zero-order valence-corrected chi connectivity index (χ0v) is 9.48. The molecular weight excluding hydrogens is 256 g/mol. The van der Waals surface area contributed by atoms with Gasteiger partial charge in [0.1, 0.15) is 0 Å². The number of nitrogens with two attached hydrogens (primary N) is 1. The van der Waals surface area contributed by atoms with E-state index in [0.717, 1.165) is 15.7 Å². The predicted molar refractivity (Wildman–Crippen MR) is 60.9 cm³/mol. The third-order valence-electron chi connectivity index (χ3n) is 1.91. The van der Waals surface area contributed by atoms with Gasteiger partial charge < -0.3 is 5.73 Å². The minimum absolute atomic E-state index is 0.300. The van der Waals surface area contributed by atoms with Gasteiger partial charge in [0.2, 0.25) is 0 Å². The molecule has 0 atom stereocenters. The Morgan fingerprint density at radius 2 is 2.20 bits per heavy atom. The Labute approximate surface area is 95.7 Å². The molecule has 15 heavy (non-hydrogen) atoms. The molecule has 0 amide bonds. The molecule has 5 heteroatoms. The smallest absolute Gasteiger partial charge is 0.165 e. The van der Waals surface area contributed by atoms with E-state index in [1.807, 2.05) is 24.3 Å². The van der Waals surface area contributed by atoms with E-state index in [0.29, 0.717) is 12.4 Å². The summed E-state index contributed by atoms with van der Waals surface area (Å²) in [7, 11) is 0. The van der Waals surface area contributed by atoms with Crippen molar-refractivity contribution in [1.82, 2.24) is 15.2 Å². The monoisotopic (exact) mass is 264 g/mol. The predicted octanol–water partition coefficient (Wildman–Crippen LogP) is 1.76. The van der Waals surface area contributed by atoms with Crippen molar-refractivity contribution < 1.29 is 0 Å². The van der Waals surface area contributed by atoms with Crippen LogP contribution in [-0.2, 0) is 6.54 Å². The summed E-state index contributed by atoms with van der Waals surface area (Å²) in [5, 5.41) is 7.66. The molecule has 1 aromatic heterocycles. The average molecular weight is 265 g/mol. The lowest BCUT2D eigenvalue weighted by Gasteiger charge is -2.01. The lowest BCUT2D eigenvalue weighted by atomic mass is 10.2. The zero-order chi connectivity index (χ0) is 10.7. The summed E-state index contributed by atoms with van der Waals surface area (Å²) in [5.74, 6) is 0.549. The first-order valence-corrected chi connectivity index (χ1v) is 5.23. The first kappa shape index (κ1) is 10.2. The van der Waals surface area contributed by atoms with Crippen LogP contribution in [-0.4, -0.2) is 15.2 Å². The molecule has 76 valence electrons. The fourth-order valence-electron chi connectivity index (χ4n) is 1.21. The normalized spacial score (nSPS) is 10.3. The Kier molecular flexibility index (Phi) is 3.03. The van der Waals surface area contributed by atoms with E-state index >= 15 is 0 Å². The van der Waals surface area contributed by atoms with Crippen LogP contribution in [0.2, 0.25) is 0 Å². The van der Waals surface area contributed by atoms with Crippen molar-refractivity contribution >= 4 is 15.9 Å². The minimum atomic E-state index is 0.300. The van der Waals surface area contributed by atoms with Crippen molar-refractivity contribution in [3.05, 3.63) is 40.8 Å². The SMILES string of the molecule is NCc1nncc(-c2cccc(Br)c2)n1. The Morgan fingerprint density at radius 3 is 2.93 bits per heavy atom. The van der Waals surface area contributed by atoms with Crippen LogP contribution in [0.15, 0.2) is 34.9 Å². The quantitative estimate of drug-likeness (QED) is 0.898. The molecule has 0 saturated heterocycles. The molecule has 0 fully saturated rings. The van der Waals surface area contributed by atoms with Crippen LogP contribution in [0, 0.1) is 0 Å². The van der Waals surface area contributed by atoms with Gasteiger partial charge in [-0.25, -0.2) is 4.98 Å². The van der Waals surface area contributed by atoms with E-state index in [9.17, 15) is 0 Å². The molecule has 2 rings (SSSR count). The van der Waals surface area contributed by atoms with Crippen molar-refractivity contribution in [2.45, 2.75) is 6.54 Å². The second-order valence-electron chi connectivity index (χ2n) is 2.97. The molecule has 0 radical (unpaired) electrons. The van der Waals surface area contributed by atoms with Gasteiger partial charge in [-0.05, 0) is 12.1 Å². The minimum Gasteiger partial charge on any atom is -0.324 e. The van der Waals surface area contributed by atoms with Gasteiger partial charge in [-0.1, -0.05) is 28.1 Å². The molecule has 0 saturated carbocycles. The van der Waals surface area contributed by atoms with Gasteiger partial charge in [0, 0.05) is 10.0 Å². The Hall–Kier alpha value is -1.33. The number of aromatic nitrogens is 3. The van der Waals surface area contributed by atoms with Crippen LogP contribution in [0.3, 0.4) is 0 Å². The second-order valence-corrected chi connectivity index (χ2v) is 3.89. The van der Waals surface area contributed by atoms with Crippen LogP contribution in [0.1, 0.15) is 5.82 Å². The molecule has 2 aromatic rings. The molecule has 2 N–H and O–H groups in total. The number of halogens is 1. The lowest BCUT2D eigenvalue weighted by Crippen LogP contribution is -2.04. The average Bonchev–Trinajstić information content (AvgIpc) is 2.29. The summed E-state index contributed by atoms with van der Waals surface area (Å²) in [5.41, 5.74) is 7.23. The van der Waals surface area contributed by atoms with E-state index in [4.69, 9.17) is 5.73 Å². The van der Waals surface area contributed by atoms with Crippen LogP contribution < -0.4 is 5.73 Å². The summed E-state index contributed by atoms with van der Waals surface area (Å²) in [4.78, 5) is 4.28. The third kappa shape index (κ3) is 2.37. The Morgan fingerprint density at radius 1 is 1.33 bits per heavy atom. The van der Waals surface area contributed by atoms with Gasteiger partial charge in [-0.3, -0.25) is 0 Å². The molecule has 0 aliphatic rings. The van der Waals surface area contributed by atoms with E-state index in [2.05, 4.69) is 31.1 Å². The maximum absolute atomic E-state index is 5.45. The molecule has 0 aliphatic heterocycles. The van der Waals surface area contributed by atoms with Gasteiger partial charge in [0.05, 0.1) is 18.4 Å². The van der Waals surface area contributed by atoms with Gasteiger partial charge in [-0.2, -0.15) is 5.10 Å². The van der Waals surface area contributed by atoms with Crippen LogP contribution in [0.5, 0.6) is 0 Å². The second kappa shape index (κ2) is 4.46. The molecule has 0 spiro atoms. The van der Waals surface area contributed by atoms with Gasteiger partial charge in [0.15, 0.2) is 5.82 Å². The highest BCUT2D eigenvalue weighted by atomic mass is 79.9. The first-order valence-electron chi connectivity index (χ1n) is 4.44. The molecule has 0 aliphatic carbocycles. The highest BCUT2D eigenvalue weighted by molar-refractivity contribution is 9.10. The number of nitrogens with zero attached hydrogens (tertiary/aromatic N) is 3. The third-order valence-corrected chi connectivity index (χ3v) is 2.40. The standard InChI is InChI=1S/C10H9BrN4/c11-8-3-1-2-7(4-8)9-6-13-15-10(5-12)14-9/h1-4,6H,5,12H2. The van der Waals surface area contributed by atoms with Crippen molar-refractivity contribution in [3.63, 3.8) is 0 Å². The maximum Gasteiger partial charge on any atom is 0.165 e. The zero-order valence-electron chi connectivity index (χ0n) is 7.89. The highest BCUT2D eigenvalue weighted by Crippen LogP contribution is 2.20. The van der Waals surface area contributed by atoms with Crippen molar-refractivity contribution in [3.8, 4) is 11.3 Å². The number of rotatable bonds is 2. The number of hydrogen-bond acceptors (Lipinski definition) is 4. The molecule has 1 aromatic carbocycles. The van der Waals surface area contributed by atoms with Crippen molar-refractivity contribution in [1.29, 1.82) is 0 Å². The van der Waals surface area contributed by atoms with Crippen molar-refractivity contribution in [2.24, 2.45) is 5.73 Å². The van der Waals surface area contributed by atoms with Crippen molar-refractivity contribution in [2.75, 3.05) is 0 Å². The van der Waals surface area contributed by atoms with Crippen LogP contribution in [0.4, 0.5) is 0 Å². The van der Waals surface area contributed by atoms with Gasteiger partial charge in [-0.15, -0.1) is 5.10 Å². The summed E-state index contributed by atoms with van der Waals surface area (Å²) >= 11 is 3.41. The Balaban J connectivity index is 2.44. The van der Waals surface area contributed by atoms with Crippen LogP contribution in [0.25, 0.3) is 11.3 Å². The van der Waals surface area contributed by atoms with E-state index < -0.39 is 0 Å². The maximum atomic E-state index is 5.45. The molecule has 1 heterocycles. The molecule has 0 bridgehead atoms. The number of hydrogen-bond donors (Lipinski definition) is 1. The first-order chi connectivity index (χ1) is 7.29. The summed E-state index contributed by atoms with van der Waals surface area (Å²) in [6.07, 6.45) is 1.63. The molecule has 4 nitrogen and oxygen atoms in total. The summed E-state index contributed by atoms with van der Waals surface area (Å²) in [6, 6.07) is 7.85. The fraction of sp³-hybridized carbons (Fsp3) is 0.100. The van der Waals surface area contributed by atoms with E-state index in [1.54, 1.807) is 6.20 Å². The van der Waals surface area contributed by atoms with E-state index in [1.165, 1.54) is 0 Å². The van der Waals surface area contributed by atoms with Crippen LogP contribution >= 0.6 is 15.9 Å².